The molecule has 4 aromatic rings. The maximum Gasteiger partial charge on any atom is 0.338 e. The first-order chi connectivity index (χ1) is 14.0. The van der Waals surface area contributed by atoms with Crippen LogP contribution in [0.2, 0.25) is 5.02 Å². The molecule has 1 aliphatic heterocycles. The molecule has 1 aliphatic rings. The third-order valence-electron chi connectivity index (χ3n) is 5.07. The normalized spacial score (nSPS) is 19.0. The van der Waals surface area contributed by atoms with E-state index in [1.807, 2.05) is 79.7 Å². The maximum absolute atomic E-state index is 12.6. The molecule has 1 aromatic heterocycles. The van der Waals surface area contributed by atoms with Crippen molar-refractivity contribution < 1.29 is 9.32 Å². The molecule has 0 radical (unpaired) electrons. The monoisotopic (exact) mass is 404 g/mol. The molecule has 0 aliphatic carbocycles. The fourth-order valence-corrected chi connectivity index (χ4v) is 3.66. The number of benzene rings is 3. The number of fused-ring (bicyclic) bond motifs is 1. The number of halogens is 1. The van der Waals surface area contributed by atoms with Gasteiger partial charge in [-0.1, -0.05) is 41.0 Å². The molecule has 1 fully saturated rings. The fourth-order valence-electron chi connectivity index (χ4n) is 3.53. The second kappa shape index (κ2) is 6.62. The van der Waals surface area contributed by atoms with Crippen LogP contribution in [0, 0.1) is 0 Å². The SMILES string of the molecule is C[C@]1(c2ccc3noc(-c4ccc(Cl)cc4)c3c2)NC(=O)N(c2ccccc2)N1. The number of anilines is 1. The van der Waals surface area contributed by atoms with Crippen LogP contribution in [0.15, 0.2) is 77.3 Å². The van der Waals surface area contributed by atoms with E-state index in [0.29, 0.717) is 10.8 Å². The zero-order chi connectivity index (χ0) is 20.0. The topological polar surface area (TPSA) is 70.4 Å². The van der Waals surface area contributed by atoms with Gasteiger partial charge in [-0.25, -0.2) is 9.80 Å². The Hall–Kier alpha value is -3.35. The van der Waals surface area contributed by atoms with E-state index in [1.54, 1.807) is 0 Å². The van der Waals surface area contributed by atoms with Crippen molar-refractivity contribution in [3.63, 3.8) is 0 Å². The van der Waals surface area contributed by atoms with Crippen LogP contribution < -0.4 is 15.8 Å². The molecule has 7 heteroatoms. The first kappa shape index (κ1) is 17.7. The van der Waals surface area contributed by atoms with Gasteiger partial charge in [-0.3, -0.25) is 0 Å². The van der Waals surface area contributed by atoms with Crippen molar-refractivity contribution >= 4 is 34.2 Å². The summed E-state index contributed by atoms with van der Waals surface area (Å²) in [4.78, 5) is 12.6. The predicted molar refractivity (Wildman–Crippen MR) is 112 cm³/mol. The molecule has 29 heavy (non-hydrogen) atoms. The smallest absolute Gasteiger partial charge is 0.338 e. The highest BCUT2D eigenvalue weighted by atomic mass is 35.5. The van der Waals surface area contributed by atoms with Gasteiger partial charge in [0.2, 0.25) is 0 Å². The lowest BCUT2D eigenvalue weighted by molar-refractivity contribution is 0.248. The second-order valence-electron chi connectivity index (χ2n) is 7.09. The maximum atomic E-state index is 12.6. The summed E-state index contributed by atoms with van der Waals surface area (Å²) in [6.07, 6.45) is 0. The van der Waals surface area contributed by atoms with Crippen LogP contribution in [-0.4, -0.2) is 11.2 Å². The summed E-state index contributed by atoms with van der Waals surface area (Å²) >= 11 is 6.00. The van der Waals surface area contributed by atoms with Crippen molar-refractivity contribution in [1.82, 2.24) is 15.9 Å². The van der Waals surface area contributed by atoms with Gasteiger partial charge in [0.05, 0.1) is 11.1 Å². The van der Waals surface area contributed by atoms with Crippen LogP contribution in [0.1, 0.15) is 12.5 Å². The molecule has 0 unspecified atom stereocenters. The number of amides is 2. The molecule has 5 rings (SSSR count). The summed E-state index contributed by atoms with van der Waals surface area (Å²) in [5.74, 6) is 0.659. The molecule has 1 saturated heterocycles. The van der Waals surface area contributed by atoms with Crippen molar-refractivity contribution in [1.29, 1.82) is 0 Å². The molecule has 144 valence electrons. The minimum absolute atomic E-state index is 0.220. The Morgan fingerprint density at radius 3 is 2.55 bits per heavy atom. The quantitative estimate of drug-likeness (QED) is 0.501. The summed E-state index contributed by atoms with van der Waals surface area (Å²) in [5.41, 5.74) is 5.77. The molecule has 1 atom stereocenters. The van der Waals surface area contributed by atoms with Crippen LogP contribution in [0.25, 0.3) is 22.2 Å². The van der Waals surface area contributed by atoms with Crippen molar-refractivity contribution in [2.45, 2.75) is 12.6 Å². The Bertz CT molecular complexity index is 1210. The minimum atomic E-state index is -0.782. The van der Waals surface area contributed by atoms with Gasteiger partial charge in [-0.15, -0.1) is 0 Å². The van der Waals surface area contributed by atoms with Crippen molar-refractivity contribution in [3.05, 3.63) is 83.4 Å². The van der Waals surface area contributed by atoms with Gasteiger partial charge >= 0.3 is 6.03 Å². The van der Waals surface area contributed by atoms with E-state index < -0.39 is 5.66 Å². The van der Waals surface area contributed by atoms with Crippen molar-refractivity contribution in [2.24, 2.45) is 0 Å². The van der Waals surface area contributed by atoms with Crippen molar-refractivity contribution in [3.8, 4) is 11.3 Å². The summed E-state index contributed by atoms with van der Waals surface area (Å²) in [7, 11) is 0. The Morgan fingerprint density at radius 2 is 1.79 bits per heavy atom. The number of nitrogens with one attached hydrogen (secondary N) is 2. The lowest BCUT2D eigenvalue weighted by atomic mass is 9.99. The average molecular weight is 405 g/mol. The van der Waals surface area contributed by atoms with E-state index in [2.05, 4.69) is 15.9 Å². The minimum Gasteiger partial charge on any atom is -0.355 e. The lowest BCUT2D eigenvalue weighted by Gasteiger charge is -2.25. The number of hydrazine groups is 1. The number of hydrogen-bond donors (Lipinski definition) is 2. The van der Waals surface area contributed by atoms with Gasteiger partial charge in [0.15, 0.2) is 5.76 Å². The second-order valence-corrected chi connectivity index (χ2v) is 7.52. The van der Waals surface area contributed by atoms with Gasteiger partial charge in [0.25, 0.3) is 0 Å². The average Bonchev–Trinajstić information content (AvgIpc) is 3.30. The summed E-state index contributed by atoms with van der Waals surface area (Å²) < 4.78 is 5.59. The predicted octanol–water partition coefficient (Wildman–Crippen LogP) is 5.06. The number of para-hydroxylation sites is 1. The standard InChI is InChI=1S/C22H17ClN4O2/c1-22(24-21(28)27(26-22)17-5-3-2-4-6-17)15-9-12-19-18(13-15)20(29-25-19)14-7-10-16(23)11-8-14/h2-13,26H,1H3,(H,24,28)/t22-/m0/s1. The molecule has 2 heterocycles. The van der Waals surface area contributed by atoms with Crippen LogP contribution in [0.3, 0.4) is 0 Å². The number of aromatic nitrogens is 1. The van der Waals surface area contributed by atoms with Gasteiger partial charge < -0.3 is 9.84 Å². The first-order valence-corrected chi connectivity index (χ1v) is 9.52. The third-order valence-corrected chi connectivity index (χ3v) is 5.32. The van der Waals surface area contributed by atoms with Crippen molar-refractivity contribution in [2.75, 3.05) is 5.01 Å². The molecule has 3 aromatic carbocycles. The molecule has 0 saturated carbocycles. The highest BCUT2D eigenvalue weighted by Crippen LogP contribution is 2.33. The van der Waals surface area contributed by atoms with E-state index in [4.69, 9.17) is 16.1 Å². The van der Waals surface area contributed by atoms with E-state index >= 15 is 0 Å². The third kappa shape index (κ3) is 3.03. The van der Waals surface area contributed by atoms with Crippen LogP contribution in [0.4, 0.5) is 10.5 Å². The van der Waals surface area contributed by atoms with E-state index in [1.165, 1.54) is 5.01 Å². The van der Waals surface area contributed by atoms with Gasteiger partial charge in [0.1, 0.15) is 11.2 Å². The summed E-state index contributed by atoms with van der Waals surface area (Å²) in [6.45, 7) is 1.92. The highest BCUT2D eigenvalue weighted by molar-refractivity contribution is 6.30. The number of urea groups is 1. The lowest BCUT2D eigenvalue weighted by Crippen LogP contribution is -2.45. The Kier molecular flexibility index (Phi) is 4.04. The molecular formula is C22H17ClN4O2. The number of carbonyl (C=O) groups excluding carboxylic acids is 1. The van der Waals surface area contributed by atoms with Gasteiger partial charge in [-0.05, 0) is 61.0 Å². The van der Waals surface area contributed by atoms with Crippen LogP contribution in [-0.2, 0) is 5.66 Å². The zero-order valence-corrected chi connectivity index (χ0v) is 16.3. The van der Waals surface area contributed by atoms with E-state index in [9.17, 15) is 4.79 Å². The van der Waals surface area contributed by atoms with E-state index in [0.717, 1.165) is 27.7 Å². The molecule has 0 bridgehead atoms. The Labute approximate surface area is 172 Å². The van der Waals surface area contributed by atoms with Gasteiger partial charge in [0, 0.05) is 10.6 Å². The Balaban J connectivity index is 1.54. The number of nitrogens with zero attached hydrogens (tertiary/aromatic N) is 2. The fraction of sp³-hybridized carbons (Fsp3) is 0.0909. The van der Waals surface area contributed by atoms with E-state index in [-0.39, 0.29) is 6.03 Å². The van der Waals surface area contributed by atoms with Crippen LogP contribution in [0.5, 0.6) is 0 Å². The molecule has 6 nitrogen and oxygen atoms in total. The molecular weight excluding hydrogens is 388 g/mol. The molecule has 2 N–H and O–H groups in total. The molecule has 0 spiro atoms. The highest BCUT2D eigenvalue weighted by Gasteiger charge is 2.40. The Morgan fingerprint density at radius 1 is 1.03 bits per heavy atom. The number of carbonyl (C=O) groups is 1. The first-order valence-electron chi connectivity index (χ1n) is 9.14. The number of rotatable bonds is 3. The largest absolute Gasteiger partial charge is 0.355 e. The summed E-state index contributed by atoms with van der Waals surface area (Å²) in [6, 6.07) is 22.4. The van der Waals surface area contributed by atoms with Gasteiger partial charge in [-0.2, -0.15) is 5.43 Å². The summed E-state index contributed by atoms with van der Waals surface area (Å²) in [5, 5.41) is 10.2. The molecule has 2 amide bonds. The zero-order valence-electron chi connectivity index (χ0n) is 15.5. The van der Waals surface area contributed by atoms with Crippen LogP contribution >= 0.6 is 11.6 Å². The number of hydrogen-bond acceptors (Lipinski definition) is 4.